The third-order valence-corrected chi connectivity index (χ3v) is 6.89. The van der Waals surface area contributed by atoms with Crippen LogP contribution in [0.4, 0.5) is 0 Å². The van der Waals surface area contributed by atoms with E-state index in [0.717, 1.165) is 35.7 Å². The molecule has 156 valence electrons. The summed E-state index contributed by atoms with van der Waals surface area (Å²) in [6, 6.07) is 1.71. The molecule has 0 aliphatic carbocycles. The Bertz CT molecular complexity index is 729. The smallest absolute Gasteiger partial charge is 0.241 e. The fraction of sp³-hybridized carbons (Fsp3) is 0.706. The molecule has 2 rings (SSSR count). The lowest BCUT2D eigenvalue weighted by Crippen LogP contribution is -2.42. The summed E-state index contributed by atoms with van der Waals surface area (Å²) in [5, 5.41) is 6.34. The Kier molecular flexibility index (Phi) is 9.97. The molecule has 27 heavy (non-hydrogen) atoms. The summed E-state index contributed by atoms with van der Waals surface area (Å²) in [5.74, 6) is 0.672. The molecule has 1 saturated heterocycles. The second kappa shape index (κ2) is 10.9. The number of thiophene rings is 1. The van der Waals surface area contributed by atoms with E-state index in [1.54, 1.807) is 6.07 Å². The van der Waals surface area contributed by atoms with E-state index < -0.39 is 10.0 Å². The van der Waals surface area contributed by atoms with Crippen LogP contribution >= 0.6 is 35.3 Å². The third kappa shape index (κ3) is 7.48. The highest BCUT2D eigenvalue weighted by Gasteiger charge is 2.29. The molecule has 0 bridgehead atoms. The molecular formula is C17H31IN4O3S2. The van der Waals surface area contributed by atoms with Crippen LogP contribution in [0.1, 0.15) is 36.4 Å². The predicted molar refractivity (Wildman–Crippen MR) is 122 cm³/mol. The number of sulfonamides is 1. The topological polar surface area (TPSA) is 91.8 Å². The van der Waals surface area contributed by atoms with Crippen molar-refractivity contribution in [2.45, 2.75) is 51.0 Å². The number of ether oxygens (including phenoxy) is 1. The number of hydrogen-bond acceptors (Lipinski definition) is 5. The summed E-state index contributed by atoms with van der Waals surface area (Å²) in [7, 11) is -3.48. The van der Waals surface area contributed by atoms with Crippen LogP contribution in [0.15, 0.2) is 16.0 Å². The van der Waals surface area contributed by atoms with E-state index in [0.29, 0.717) is 23.9 Å². The van der Waals surface area contributed by atoms with Gasteiger partial charge in [0.1, 0.15) is 0 Å². The van der Waals surface area contributed by atoms with E-state index in [-0.39, 0.29) is 36.1 Å². The number of aliphatic imine (C=N–C) groups is 1. The van der Waals surface area contributed by atoms with Gasteiger partial charge in [0.2, 0.25) is 10.0 Å². The maximum absolute atomic E-state index is 12.4. The first-order valence-electron chi connectivity index (χ1n) is 8.98. The minimum absolute atomic E-state index is 0. The largest absolute Gasteiger partial charge is 0.373 e. The van der Waals surface area contributed by atoms with Gasteiger partial charge >= 0.3 is 0 Å². The fourth-order valence-corrected chi connectivity index (χ4v) is 5.45. The second-order valence-corrected chi connectivity index (χ2v) is 9.89. The molecule has 0 spiro atoms. The molecule has 0 radical (unpaired) electrons. The van der Waals surface area contributed by atoms with Gasteiger partial charge in [-0.15, -0.1) is 35.3 Å². The highest BCUT2D eigenvalue weighted by Crippen LogP contribution is 2.25. The van der Waals surface area contributed by atoms with Crippen molar-refractivity contribution in [1.82, 2.24) is 15.4 Å². The van der Waals surface area contributed by atoms with Crippen molar-refractivity contribution in [1.29, 1.82) is 0 Å². The summed E-state index contributed by atoms with van der Waals surface area (Å²) in [6.45, 7) is 10.7. The van der Waals surface area contributed by atoms with Gasteiger partial charge in [0, 0.05) is 36.0 Å². The van der Waals surface area contributed by atoms with Gasteiger partial charge in [0.05, 0.1) is 17.0 Å². The standard InChI is InChI=1S/C17H30N4O3S2.HI/c1-5-18-16(20-12-17(4)7-6-10-24-17)19-8-9-21-26(22,23)15-11-13(2)25-14(15)3;/h11,21H,5-10,12H2,1-4H3,(H2,18,19,20);1H. The van der Waals surface area contributed by atoms with Crippen molar-refractivity contribution >= 4 is 51.3 Å². The van der Waals surface area contributed by atoms with Crippen molar-refractivity contribution in [2.24, 2.45) is 4.99 Å². The average molecular weight is 530 g/mol. The minimum atomic E-state index is -3.48. The lowest BCUT2D eigenvalue weighted by molar-refractivity contribution is 0.0283. The molecule has 2 heterocycles. The van der Waals surface area contributed by atoms with Crippen LogP contribution in [-0.2, 0) is 14.8 Å². The Balaban J connectivity index is 0.00000364. The van der Waals surface area contributed by atoms with Gasteiger partial charge in [0.25, 0.3) is 0 Å². The average Bonchev–Trinajstić information content (AvgIpc) is 3.15. The molecule has 1 aromatic rings. The number of aryl methyl sites for hydroxylation is 2. The molecule has 1 aromatic heterocycles. The monoisotopic (exact) mass is 530 g/mol. The van der Waals surface area contributed by atoms with Crippen molar-refractivity contribution in [3.8, 4) is 0 Å². The zero-order chi connectivity index (χ0) is 19.2. The molecule has 1 aliphatic heterocycles. The molecule has 10 heteroatoms. The molecule has 3 N–H and O–H groups in total. The molecule has 7 nitrogen and oxygen atoms in total. The van der Waals surface area contributed by atoms with Crippen LogP contribution < -0.4 is 15.4 Å². The van der Waals surface area contributed by atoms with E-state index in [2.05, 4.69) is 27.3 Å². The van der Waals surface area contributed by atoms with Crippen LogP contribution in [0.25, 0.3) is 0 Å². The number of nitrogens with zero attached hydrogens (tertiary/aromatic N) is 1. The van der Waals surface area contributed by atoms with Crippen molar-refractivity contribution in [3.63, 3.8) is 0 Å². The van der Waals surface area contributed by atoms with Crippen LogP contribution in [0.5, 0.6) is 0 Å². The maximum atomic E-state index is 12.4. The number of guanidine groups is 1. The zero-order valence-electron chi connectivity index (χ0n) is 16.4. The first kappa shape index (κ1) is 24.6. The van der Waals surface area contributed by atoms with Crippen LogP contribution in [-0.4, -0.2) is 52.8 Å². The normalized spacial score (nSPS) is 20.4. The number of rotatable bonds is 8. The Hall–Kier alpha value is -0.430. The SMILES string of the molecule is CCNC(=NCC1(C)CCCO1)NCCNS(=O)(=O)c1cc(C)sc1C.I. The zero-order valence-corrected chi connectivity index (χ0v) is 20.4. The van der Waals surface area contributed by atoms with Crippen molar-refractivity contribution in [3.05, 3.63) is 15.8 Å². The number of nitrogens with one attached hydrogen (secondary N) is 3. The Morgan fingerprint density at radius 3 is 2.63 bits per heavy atom. The lowest BCUT2D eigenvalue weighted by Gasteiger charge is -2.21. The molecule has 1 atom stereocenters. The van der Waals surface area contributed by atoms with Gasteiger partial charge in [-0.05, 0) is 46.6 Å². The summed E-state index contributed by atoms with van der Waals surface area (Å²) >= 11 is 1.49. The summed E-state index contributed by atoms with van der Waals surface area (Å²) in [4.78, 5) is 6.74. The third-order valence-electron chi connectivity index (χ3n) is 4.21. The first-order chi connectivity index (χ1) is 12.3. The summed E-state index contributed by atoms with van der Waals surface area (Å²) in [5.41, 5.74) is -0.196. The van der Waals surface area contributed by atoms with Crippen LogP contribution in [0.3, 0.4) is 0 Å². The molecule has 1 aliphatic rings. The predicted octanol–water partition coefficient (Wildman–Crippen LogP) is 2.39. The Morgan fingerprint density at radius 1 is 1.33 bits per heavy atom. The molecule has 1 fully saturated rings. The summed E-state index contributed by atoms with van der Waals surface area (Å²) in [6.07, 6.45) is 2.08. The molecule has 0 saturated carbocycles. The van der Waals surface area contributed by atoms with Crippen LogP contribution in [0, 0.1) is 13.8 Å². The highest BCUT2D eigenvalue weighted by atomic mass is 127. The molecule has 0 aromatic carbocycles. The number of hydrogen-bond donors (Lipinski definition) is 3. The second-order valence-electron chi connectivity index (χ2n) is 6.70. The van der Waals surface area contributed by atoms with Gasteiger partial charge in [-0.3, -0.25) is 4.99 Å². The van der Waals surface area contributed by atoms with E-state index in [1.807, 2.05) is 20.8 Å². The maximum Gasteiger partial charge on any atom is 0.241 e. The van der Waals surface area contributed by atoms with E-state index in [9.17, 15) is 8.42 Å². The van der Waals surface area contributed by atoms with Gasteiger partial charge in [0.15, 0.2) is 5.96 Å². The van der Waals surface area contributed by atoms with Gasteiger partial charge in [-0.25, -0.2) is 13.1 Å². The van der Waals surface area contributed by atoms with Crippen molar-refractivity contribution in [2.75, 3.05) is 32.8 Å². The van der Waals surface area contributed by atoms with Gasteiger partial charge in [-0.1, -0.05) is 0 Å². The van der Waals surface area contributed by atoms with Crippen LogP contribution in [0.2, 0.25) is 0 Å². The van der Waals surface area contributed by atoms with E-state index >= 15 is 0 Å². The highest BCUT2D eigenvalue weighted by molar-refractivity contribution is 14.0. The van der Waals surface area contributed by atoms with E-state index in [1.165, 1.54) is 11.3 Å². The fourth-order valence-electron chi connectivity index (χ4n) is 2.87. The quantitative estimate of drug-likeness (QED) is 0.208. The lowest BCUT2D eigenvalue weighted by atomic mass is 10.0. The molecule has 0 amide bonds. The molecular weight excluding hydrogens is 499 g/mol. The summed E-state index contributed by atoms with van der Waals surface area (Å²) < 4.78 is 33.2. The minimum Gasteiger partial charge on any atom is -0.373 e. The van der Waals surface area contributed by atoms with Gasteiger partial charge in [-0.2, -0.15) is 0 Å². The van der Waals surface area contributed by atoms with Crippen molar-refractivity contribution < 1.29 is 13.2 Å². The first-order valence-corrected chi connectivity index (χ1v) is 11.3. The number of halogens is 1. The Labute approximate surface area is 183 Å². The molecule has 1 unspecified atom stereocenters. The van der Waals surface area contributed by atoms with Gasteiger partial charge < -0.3 is 15.4 Å². The van der Waals surface area contributed by atoms with E-state index in [4.69, 9.17) is 4.74 Å². The Morgan fingerprint density at radius 2 is 2.07 bits per heavy atom.